The van der Waals surface area contributed by atoms with Crippen LogP contribution in [0.1, 0.15) is 13.3 Å². The molecular formula is C9H11ClFNO2S. The van der Waals surface area contributed by atoms with Crippen LogP contribution < -0.4 is 0 Å². The Morgan fingerprint density at radius 3 is 2.80 bits per heavy atom. The predicted octanol–water partition coefficient (Wildman–Crippen LogP) is 2.01. The molecule has 0 amide bonds. The molecule has 1 aromatic rings. The van der Waals surface area contributed by atoms with Gasteiger partial charge in [0.05, 0.1) is 5.25 Å². The van der Waals surface area contributed by atoms with Crippen LogP contribution in [0.5, 0.6) is 0 Å². The molecule has 1 heterocycles. The van der Waals surface area contributed by atoms with Crippen molar-refractivity contribution >= 4 is 21.4 Å². The van der Waals surface area contributed by atoms with Gasteiger partial charge >= 0.3 is 0 Å². The fraction of sp³-hybridized carbons (Fsp3) is 0.444. The van der Waals surface area contributed by atoms with Crippen LogP contribution in [-0.4, -0.2) is 24.5 Å². The lowest BCUT2D eigenvalue weighted by molar-refractivity contribution is 0.544. The van der Waals surface area contributed by atoms with Crippen LogP contribution in [0.15, 0.2) is 23.4 Å². The Labute approximate surface area is 93.2 Å². The van der Waals surface area contributed by atoms with Gasteiger partial charge in [-0.1, -0.05) is 0 Å². The molecule has 0 aromatic carbocycles. The summed E-state index contributed by atoms with van der Waals surface area (Å²) in [5.74, 6) is -0.603. The minimum Gasteiger partial charge on any atom is -0.242 e. The number of alkyl halides is 1. The highest BCUT2D eigenvalue weighted by Crippen LogP contribution is 2.18. The lowest BCUT2D eigenvalue weighted by Crippen LogP contribution is -2.20. The number of halogens is 2. The van der Waals surface area contributed by atoms with Crippen molar-refractivity contribution in [3.8, 4) is 0 Å². The van der Waals surface area contributed by atoms with E-state index in [9.17, 15) is 12.8 Å². The highest BCUT2D eigenvalue weighted by atomic mass is 35.5. The van der Waals surface area contributed by atoms with Crippen LogP contribution in [0.2, 0.25) is 0 Å². The van der Waals surface area contributed by atoms with Gasteiger partial charge in [0.1, 0.15) is 0 Å². The highest BCUT2D eigenvalue weighted by Gasteiger charge is 2.27. The Bertz CT molecular complexity index is 435. The Morgan fingerprint density at radius 1 is 1.60 bits per heavy atom. The molecule has 1 aromatic heterocycles. The van der Waals surface area contributed by atoms with E-state index in [0.717, 1.165) is 6.07 Å². The largest absolute Gasteiger partial charge is 0.242 e. The maximum atomic E-state index is 13.2. The smallest absolute Gasteiger partial charge is 0.201 e. The zero-order valence-corrected chi connectivity index (χ0v) is 9.72. The van der Waals surface area contributed by atoms with Gasteiger partial charge in [0.25, 0.3) is 0 Å². The molecule has 1 rings (SSSR count). The maximum Gasteiger partial charge on any atom is 0.201 e. The van der Waals surface area contributed by atoms with Gasteiger partial charge in [-0.15, -0.1) is 11.6 Å². The molecule has 0 N–H and O–H groups in total. The second kappa shape index (κ2) is 4.90. The van der Waals surface area contributed by atoms with Crippen LogP contribution in [0, 0.1) is 5.82 Å². The van der Waals surface area contributed by atoms with Crippen LogP contribution in [0.25, 0.3) is 0 Å². The number of rotatable bonds is 4. The van der Waals surface area contributed by atoms with Crippen molar-refractivity contribution in [1.82, 2.24) is 4.98 Å². The number of hydrogen-bond donors (Lipinski definition) is 0. The Morgan fingerprint density at radius 2 is 2.27 bits per heavy atom. The van der Waals surface area contributed by atoms with Crippen LogP contribution in [0.4, 0.5) is 4.39 Å². The van der Waals surface area contributed by atoms with Crippen molar-refractivity contribution in [3.05, 3.63) is 24.1 Å². The fourth-order valence-corrected chi connectivity index (χ4v) is 2.89. The van der Waals surface area contributed by atoms with E-state index in [4.69, 9.17) is 11.6 Å². The van der Waals surface area contributed by atoms with E-state index < -0.39 is 25.9 Å². The molecule has 6 heteroatoms. The third kappa shape index (κ3) is 2.66. The van der Waals surface area contributed by atoms with Crippen LogP contribution in [0.3, 0.4) is 0 Å². The zero-order valence-electron chi connectivity index (χ0n) is 8.15. The second-order valence-corrected chi connectivity index (χ2v) is 5.78. The van der Waals surface area contributed by atoms with E-state index >= 15 is 0 Å². The van der Waals surface area contributed by atoms with Gasteiger partial charge in [0.15, 0.2) is 10.8 Å². The van der Waals surface area contributed by atoms with Gasteiger partial charge in [-0.05, 0) is 25.5 Å². The summed E-state index contributed by atoms with van der Waals surface area (Å²) in [6.07, 6.45) is 1.53. The standard InChI is InChI=1S/C9H11ClFNO2S/c1-7(4-5-10)15(13,14)9-8(11)3-2-6-12-9/h2-3,6-7H,4-5H2,1H3. The third-order valence-corrected chi connectivity index (χ3v) is 4.39. The van der Waals surface area contributed by atoms with E-state index in [1.165, 1.54) is 19.2 Å². The summed E-state index contributed by atoms with van der Waals surface area (Å²) < 4.78 is 36.8. The summed E-state index contributed by atoms with van der Waals surface area (Å²) in [4.78, 5) is 3.55. The Kier molecular flexibility index (Phi) is 4.04. The second-order valence-electron chi connectivity index (χ2n) is 3.12. The van der Waals surface area contributed by atoms with Gasteiger partial charge in [-0.25, -0.2) is 17.8 Å². The Hall–Kier alpha value is -0.680. The summed E-state index contributed by atoms with van der Waals surface area (Å²) in [5.41, 5.74) is 0. The minimum atomic E-state index is -3.70. The lowest BCUT2D eigenvalue weighted by Gasteiger charge is -2.10. The summed E-state index contributed by atoms with van der Waals surface area (Å²) in [6, 6.07) is 2.42. The predicted molar refractivity (Wildman–Crippen MR) is 56.2 cm³/mol. The fourth-order valence-electron chi connectivity index (χ4n) is 1.08. The Balaban J connectivity index is 3.12. The van der Waals surface area contributed by atoms with Gasteiger partial charge < -0.3 is 0 Å². The van der Waals surface area contributed by atoms with Crippen molar-refractivity contribution in [3.63, 3.8) is 0 Å². The van der Waals surface area contributed by atoms with E-state index in [2.05, 4.69) is 4.98 Å². The maximum absolute atomic E-state index is 13.2. The minimum absolute atomic E-state index is 0.217. The highest BCUT2D eigenvalue weighted by molar-refractivity contribution is 7.92. The van der Waals surface area contributed by atoms with Crippen LogP contribution >= 0.6 is 11.6 Å². The van der Waals surface area contributed by atoms with Gasteiger partial charge in [-0.3, -0.25) is 0 Å². The number of hydrogen-bond acceptors (Lipinski definition) is 3. The van der Waals surface area contributed by atoms with Gasteiger partial charge in [0.2, 0.25) is 9.84 Å². The van der Waals surface area contributed by atoms with Crippen molar-refractivity contribution < 1.29 is 12.8 Å². The third-order valence-electron chi connectivity index (χ3n) is 2.04. The van der Waals surface area contributed by atoms with Crippen LogP contribution in [-0.2, 0) is 9.84 Å². The van der Waals surface area contributed by atoms with E-state index in [-0.39, 0.29) is 12.3 Å². The molecule has 0 radical (unpaired) electrons. The lowest BCUT2D eigenvalue weighted by atomic mass is 10.4. The molecule has 0 aliphatic rings. The molecule has 3 nitrogen and oxygen atoms in total. The molecule has 15 heavy (non-hydrogen) atoms. The number of pyridine rings is 1. The first kappa shape index (κ1) is 12.4. The number of aromatic nitrogens is 1. The van der Waals surface area contributed by atoms with Gasteiger partial charge in [0, 0.05) is 12.1 Å². The molecule has 0 aliphatic carbocycles. The van der Waals surface area contributed by atoms with E-state index in [1.807, 2.05) is 0 Å². The van der Waals surface area contributed by atoms with Crippen molar-refractivity contribution in [1.29, 1.82) is 0 Å². The monoisotopic (exact) mass is 251 g/mol. The molecule has 0 saturated carbocycles. The normalized spacial score (nSPS) is 13.8. The van der Waals surface area contributed by atoms with E-state index in [0.29, 0.717) is 0 Å². The van der Waals surface area contributed by atoms with Crippen molar-refractivity contribution in [2.45, 2.75) is 23.6 Å². The van der Waals surface area contributed by atoms with Crippen molar-refractivity contribution in [2.24, 2.45) is 0 Å². The number of sulfone groups is 1. The zero-order chi connectivity index (χ0) is 11.5. The number of nitrogens with zero attached hydrogens (tertiary/aromatic N) is 1. The average molecular weight is 252 g/mol. The first-order chi connectivity index (χ1) is 7.00. The molecule has 0 saturated heterocycles. The first-order valence-corrected chi connectivity index (χ1v) is 6.48. The summed E-state index contributed by atoms with van der Waals surface area (Å²) >= 11 is 5.45. The molecule has 0 aliphatic heterocycles. The molecule has 0 bridgehead atoms. The topological polar surface area (TPSA) is 47.0 Å². The molecule has 1 unspecified atom stereocenters. The average Bonchev–Trinajstić information content (AvgIpc) is 2.18. The quantitative estimate of drug-likeness (QED) is 0.769. The molecule has 0 fully saturated rings. The van der Waals surface area contributed by atoms with E-state index in [1.54, 1.807) is 0 Å². The molecule has 84 valence electrons. The molecular weight excluding hydrogens is 241 g/mol. The first-order valence-electron chi connectivity index (χ1n) is 4.40. The summed E-state index contributed by atoms with van der Waals surface area (Å²) in [7, 11) is -3.70. The molecule has 0 spiro atoms. The van der Waals surface area contributed by atoms with Crippen molar-refractivity contribution in [2.75, 3.05) is 5.88 Å². The summed E-state index contributed by atoms with van der Waals surface area (Å²) in [6.45, 7) is 1.49. The molecule has 1 atom stereocenters. The van der Waals surface area contributed by atoms with Gasteiger partial charge in [-0.2, -0.15) is 0 Å². The SMILES string of the molecule is CC(CCCl)S(=O)(=O)c1ncccc1F. The summed E-state index contributed by atoms with van der Waals surface area (Å²) in [5, 5.41) is -1.22.